The minimum atomic E-state index is -0.381. The molecule has 50 heavy (non-hydrogen) atoms. The standard InChI is InChI=1S/C42H54N2O6/c1-39(2)25-31(47-37(45)29-17-11-9-12-18-29)26-40(3,4)43(39)49-35-23-24-36(34-22-16-15-21-33(34)35)50-44-41(5,6)27-32(28-42(44,7)8)48-38(46)30-19-13-10-14-20-30/h9-22,31-32,35-36H,23-28H2,1-8H3. The van der Waals surface area contributed by atoms with Gasteiger partial charge in [-0.05, 0) is 104 Å². The van der Waals surface area contributed by atoms with Crippen LogP contribution in [0.3, 0.4) is 0 Å². The summed E-state index contributed by atoms with van der Waals surface area (Å²) >= 11 is 0. The Kier molecular flexibility index (Phi) is 10.1. The summed E-state index contributed by atoms with van der Waals surface area (Å²) < 4.78 is 12.1. The molecule has 3 aromatic rings. The molecule has 0 bridgehead atoms. The first kappa shape index (κ1) is 36.2. The molecule has 3 aromatic carbocycles. The molecule has 2 saturated heterocycles. The van der Waals surface area contributed by atoms with Crippen LogP contribution in [0.2, 0.25) is 0 Å². The molecule has 6 rings (SSSR count). The molecule has 3 aliphatic rings. The molecule has 2 atom stereocenters. The van der Waals surface area contributed by atoms with Crippen LogP contribution in [-0.2, 0) is 19.1 Å². The van der Waals surface area contributed by atoms with Crippen molar-refractivity contribution in [2.75, 3.05) is 0 Å². The van der Waals surface area contributed by atoms with E-state index < -0.39 is 0 Å². The lowest BCUT2D eigenvalue weighted by Gasteiger charge is -2.55. The van der Waals surface area contributed by atoms with Gasteiger partial charge in [0.15, 0.2) is 0 Å². The molecule has 1 aliphatic carbocycles. The predicted molar refractivity (Wildman–Crippen MR) is 193 cm³/mol. The number of hydrogen-bond acceptors (Lipinski definition) is 8. The van der Waals surface area contributed by atoms with Crippen LogP contribution >= 0.6 is 0 Å². The lowest BCUT2D eigenvalue weighted by Crippen LogP contribution is -2.62. The molecule has 268 valence electrons. The van der Waals surface area contributed by atoms with Gasteiger partial charge in [0.05, 0.1) is 11.1 Å². The Morgan fingerprint density at radius 3 is 1.12 bits per heavy atom. The van der Waals surface area contributed by atoms with Crippen LogP contribution in [0, 0.1) is 0 Å². The number of nitrogens with zero attached hydrogens (tertiary/aromatic N) is 2. The van der Waals surface area contributed by atoms with Crippen LogP contribution < -0.4 is 0 Å². The Bertz CT molecular complexity index is 1490. The molecule has 8 nitrogen and oxygen atoms in total. The fraction of sp³-hybridized carbons (Fsp3) is 0.524. The zero-order chi connectivity index (χ0) is 35.9. The number of ether oxygens (including phenoxy) is 2. The number of hydrogen-bond donors (Lipinski definition) is 0. The summed E-state index contributed by atoms with van der Waals surface area (Å²) in [6, 6.07) is 26.9. The van der Waals surface area contributed by atoms with E-state index in [1.165, 1.54) is 0 Å². The molecule has 0 amide bonds. The lowest BCUT2D eigenvalue weighted by molar-refractivity contribution is -0.331. The molecule has 0 saturated carbocycles. The Hall–Kier alpha value is -3.56. The molecular weight excluding hydrogens is 628 g/mol. The van der Waals surface area contributed by atoms with E-state index >= 15 is 0 Å². The molecule has 2 heterocycles. The molecule has 0 radical (unpaired) electrons. The first-order valence-corrected chi connectivity index (χ1v) is 18.1. The second-order valence-electron chi connectivity index (χ2n) is 16.8. The van der Waals surface area contributed by atoms with E-state index in [4.69, 9.17) is 19.1 Å². The minimum absolute atomic E-state index is 0.142. The Morgan fingerprint density at radius 1 is 0.500 bits per heavy atom. The van der Waals surface area contributed by atoms with Gasteiger partial charge in [-0.2, -0.15) is 10.1 Å². The third-order valence-electron chi connectivity index (χ3n) is 10.5. The maximum absolute atomic E-state index is 12.9. The molecule has 0 spiro atoms. The molecule has 2 aliphatic heterocycles. The van der Waals surface area contributed by atoms with Crippen molar-refractivity contribution in [3.05, 3.63) is 107 Å². The predicted octanol–water partition coefficient (Wildman–Crippen LogP) is 9.18. The van der Waals surface area contributed by atoms with Crippen molar-refractivity contribution >= 4 is 11.9 Å². The van der Waals surface area contributed by atoms with Gasteiger partial charge in [0.25, 0.3) is 0 Å². The van der Waals surface area contributed by atoms with Crippen molar-refractivity contribution in [2.24, 2.45) is 0 Å². The molecule has 0 aromatic heterocycles. The van der Waals surface area contributed by atoms with Crippen LogP contribution in [-0.4, -0.2) is 56.4 Å². The third kappa shape index (κ3) is 7.69. The van der Waals surface area contributed by atoms with Gasteiger partial charge in [-0.15, -0.1) is 0 Å². The van der Waals surface area contributed by atoms with Gasteiger partial charge in [-0.3, -0.25) is 9.68 Å². The number of hydroxylamine groups is 4. The third-order valence-corrected chi connectivity index (χ3v) is 10.5. The van der Waals surface area contributed by atoms with E-state index in [9.17, 15) is 9.59 Å². The van der Waals surface area contributed by atoms with E-state index in [0.29, 0.717) is 36.8 Å². The van der Waals surface area contributed by atoms with Gasteiger partial charge < -0.3 is 9.47 Å². The second kappa shape index (κ2) is 13.9. The zero-order valence-corrected chi connectivity index (χ0v) is 31.0. The fourth-order valence-corrected chi connectivity index (χ4v) is 8.85. The maximum atomic E-state index is 12.9. The van der Waals surface area contributed by atoms with Crippen LogP contribution in [0.25, 0.3) is 0 Å². The molecule has 2 unspecified atom stereocenters. The SMILES string of the molecule is CC1(C)CC(OC(=O)c2ccccc2)CC(C)(C)N1OC1CCC(ON2C(C)(C)CC(OC(=O)c3ccccc3)CC2(C)C)c2ccccc21. The smallest absolute Gasteiger partial charge is 0.338 e. The average molecular weight is 683 g/mol. The van der Waals surface area contributed by atoms with Crippen LogP contribution in [0.1, 0.15) is 138 Å². The minimum Gasteiger partial charge on any atom is -0.459 e. The van der Waals surface area contributed by atoms with Gasteiger partial charge in [0, 0.05) is 47.8 Å². The number of rotatable bonds is 8. The van der Waals surface area contributed by atoms with E-state index in [2.05, 4.69) is 89.8 Å². The van der Waals surface area contributed by atoms with Crippen molar-refractivity contribution < 1.29 is 28.7 Å². The summed E-state index contributed by atoms with van der Waals surface area (Å²) in [7, 11) is 0. The number of carbonyl (C=O) groups excluding carboxylic acids is 2. The number of carbonyl (C=O) groups is 2. The molecule has 2 fully saturated rings. The Balaban J connectivity index is 1.14. The van der Waals surface area contributed by atoms with Crippen molar-refractivity contribution in [1.82, 2.24) is 10.1 Å². The highest BCUT2D eigenvalue weighted by atomic mass is 16.7. The van der Waals surface area contributed by atoms with Crippen LogP contribution in [0.5, 0.6) is 0 Å². The van der Waals surface area contributed by atoms with Crippen molar-refractivity contribution in [2.45, 2.75) is 140 Å². The Labute approximate surface area is 297 Å². The lowest BCUT2D eigenvalue weighted by atomic mass is 9.79. The number of piperidine rings is 2. The fourth-order valence-electron chi connectivity index (χ4n) is 8.85. The van der Waals surface area contributed by atoms with Crippen LogP contribution in [0.4, 0.5) is 0 Å². The van der Waals surface area contributed by atoms with E-state index in [1.807, 2.05) is 36.4 Å². The summed E-state index contributed by atoms with van der Waals surface area (Å²) in [5.41, 5.74) is 1.88. The highest BCUT2D eigenvalue weighted by molar-refractivity contribution is 5.89. The van der Waals surface area contributed by atoms with Gasteiger partial charge in [-0.25, -0.2) is 9.59 Å². The summed E-state index contributed by atoms with van der Waals surface area (Å²) in [4.78, 5) is 39.9. The Morgan fingerprint density at radius 2 is 0.800 bits per heavy atom. The average Bonchev–Trinajstić information content (AvgIpc) is 3.05. The normalized spacial score (nSPS) is 25.0. The molecular formula is C42H54N2O6. The first-order valence-electron chi connectivity index (χ1n) is 18.1. The molecule has 0 N–H and O–H groups in total. The number of benzene rings is 3. The van der Waals surface area contributed by atoms with Gasteiger partial charge in [-0.1, -0.05) is 60.7 Å². The zero-order valence-electron chi connectivity index (χ0n) is 31.0. The largest absolute Gasteiger partial charge is 0.459 e. The summed E-state index contributed by atoms with van der Waals surface area (Å²) in [5.74, 6) is -0.569. The summed E-state index contributed by atoms with van der Waals surface area (Å²) in [5, 5.41) is 4.31. The molecule has 8 heteroatoms. The topological polar surface area (TPSA) is 77.5 Å². The van der Waals surface area contributed by atoms with E-state index in [0.717, 1.165) is 24.0 Å². The van der Waals surface area contributed by atoms with E-state index in [1.54, 1.807) is 24.3 Å². The summed E-state index contributed by atoms with van der Waals surface area (Å²) in [6.07, 6.45) is 3.51. The van der Waals surface area contributed by atoms with Gasteiger partial charge in [0.1, 0.15) is 24.4 Å². The van der Waals surface area contributed by atoms with Crippen molar-refractivity contribution in [1.29, 1.82) is 0 Å². The van der Waals surface area contributed by atoms with Gasteiger partial charge >= 0.3 is 11.9 Å². The highest BCUT2D eigenvalue weighted by Crippen LogP contribution is 2.48. The highest BCUT2D eigenvalue weighted by Gasteiger charge is 2.51. The monoisotopic (exact) mass is 682 g/mol. The van der Waals surface area contributed by atoms with E-state index in [-0.39, 0.29) is 58.5 Å². The first-order chi connectivity index (χ1) is 23.6. The number of fused-ring (bicyclic) bond motifs is 1. The quantitative estimate of drug-likeness (QED) is 0.218. The second-order valence-corrected chi connectivity index (χ2v) is 16.8. The van der Waals surface area contributed by atoms with Crippen molar-refractivity contribution in [3.8, 4) is 0 Å². The van der Waals surface area contributed by atoms with Crippen molar-refractivity contribution in [3.63, 3.8) is 0 Å². The van der Waals surface area contributed by atoms with Gasteiger partial charge in [0.2, 0.25) is 0 Å². The maximum Gasteiger partial charge on any atom is 0.338 e. The van der Waals surface area contributed by atoms with Crippen LogP contribution in [0.15, 0.2) is 84.9 Å². The number of esters is 2. The summed E-state index contributed by atoms with van der Waals surface area (Å²) in [6.45, 7) is 17.4.